The lowest BCUT2D eigenvalue weighted by Crippen LogP contribution is -2.57. The number of hydrogen-bond acceptors (Lipinski definition) is 4. The molecule has 6 rings (SSSR count). The summed E-state index contributed by atoms with van der Waals surface area (Å²) < 4.78 is 5.82. The van der Waals surface area contributed by atoms with E-state index in [-0.39, 0.29) is 22.0 Å². The molecule has 150 valence electrons. The number of nitro groups is 1. The van der Waals surface area contributed by atoms with Crippen LogP contribution in [-0.4, -0.2) is 10.9 Å². The van der Waals surface area contributed by atoms with Crippen molar-refractivity contribution in [1.29, 1.82) is 0 Å². The summed E-state index contributed by atoms with van der Waals surface area (Å²) >= 11 is 0. The second-order valence-electron chi connectivity index (χ2n) is 9.39. The molecule has 29 heavy (non-hydrogen) atoms. The van der Waals surface area contributed by atoms with Crippen molar-refractivity contribution in [2.24, 2.45) is 17.3 Å². The first kappa shape index (κ1) is 18.3. The number of non-ortho nitro benzene ring substituents is 1. The lowest BCUT2D eigenvalue weighted by atomic mass is 9.43. The molecule has 0 aliphatic heterocycles. The molecule has 0 saturated heterocycles. The van der Waals surface area contributed by atoms with Gasteiger partial charge in [0.15, 0.2) is 0 Å². The number of benzene rings is 2. The van der Waals surface area contributed by atoms with E-state index in [0.717, 1.165) is 43.2 Å². The van der Waals surface area contributed by atoms with Gasteiger partial charge in [0.25, 0.3) is 5.69 Å². The predicted octanol–water partition coefficient (Wildman–Crippen LogP) is 5.18. The summed E-state index contributed by atoms with van der Waals surface area (Å²) in [6.07, 6.45) is 6.00. The maximum absolute atomic E-state index is 13.3. The van der Waals surface area contributed by atoms with Gasteiger partial charge >= 0.3 is 5.97 Å². The van der Waals surface area contributed by atoms with Crippen LogP contribution in [0.3, 0.4) is 0 Å². The number of nitro benzene ring substituents is 1. The van der Waals surface area contributed by atoms with E-state index in [1.807, 2.05) is 42.5 Å². The highest BCUT2D eigenvalue weighted by Crippen LogP contribution is 2.66. The highest BCUT2D eigenvalue weighted by Gasteiger charge is 2.61. The molecule has 0 unspecified atom stereocenters. The highest BCUT2D eigenvalue weighted by atomic mass is 16.6. The van der Waals surface area contributed by atoms with E-state index < -0.39 is 5.41 Å². The zero-order chi connectivity index (χ0) is 20.1. The SMILES string of the molecule is O=C(OCc1ccccc1)C12C[C@@H]3C[C@@H](C1)CC(c1ccc([N+](=O)[O-])cc1)(C3)C2. The fourth-order valence-electron chi connectivity index (χ4n) is 6.65. The van der Waals surface area contributed by atoms with E-state index in [1.165, 1.54) is 6.42 Å². The second kappa shape index (κ2) is 6.68. The zero-order valence-electron chi connectivity index (χ0n) is 16.4. The molecular weight excluding hydrogens is 366 g/mol. The summed E-state index contributed by atoms with van der Waals surface area (Å²) in [6.45, 7) is 0.321. The summed E-state index contributed by atoms with van der Waals surface area (Å²) in [4.78, 5) is 24.0. The monoisotopic (exact) mass is 391 g/mol. The molecule has 4 aliphatic carbocycles. The van der Waals surface area contributed by atoms with Gasteiger partial charge in [-0.25, -0.2) is 0 Å². The Bertz CT molecular complexity index is 923. The van der Waals surface area contributed by atoms with E-state index in [9.17, 15) is 14.9 Å². The van der Waals surface area contributed by atoms with Gasteiger partial charge in [0, 0.05) is 12.1 Å². The number of esters is 1. The largest absolute Gasteiger partial charge is 0.460 e. The molecule has 0 spiro atoms. The third-order valence-corrected chi connectivity index (χ3v) is 7.40. The Morgan fingerprint density at radius 3 is 2.28 bits per heavy atom. The second-order valence-corrected chi connectivity index (χ2v) is 9.39. The van der Waals surface area contributed by atoms with E-state index in [1.54, 1.807) is 12.1 Å². The molecule has 2 aromatic carbocycles. The molecule has 2 atom stereocenters. The molecule has 5 nitrogen and oxygen atoms in total. The average molecular weight is 391 g/mol. The Hall–Kier alpha value is -2.69. The first-order valence-corrected chi connectivity index (χ1v) is 10.4. The van der Waals surface area contributed by atoms with Crippen LogP contribution in [0.25, 0.3) is 0 Å². The predicted molar refractivity (Wildman–Crippen MR) is 108 cm³/mol. The van der Waals surface area contributed by atoms with Gasteiger partial charge in [-0.3, -0.25) is 14.9 Å². The van der Waals surface area contributed by atoms with Crippen LogP contribution in [0, 0.1) is 27.4 Å². The van der Waals surface area contributed by atoms with Crippen molar-refractivity contribution in [2.45, 2.75) is 50.5 Å². The first-order valence-electron chi connectivity index (χ1n) is 10.4. The van der Waals surface area contributed by atoms with Crippen molar-refractivity contribution in [3.63, 3.8) is 0 Å². The Kier molecular flexibility index (Phi) is 4.23. The standard InChI is InChI=1S/C24H25NO4/c26-22(29-15-17-4-2-1-3-5-17)24-13-18-10-19(14-24)12-23(11-18,16-24)20-6-8-21(9-7-20)25(27)28/h1-9,18-19H,10-16H2/t18-,19-,23?,24?/m1/s1. The van der Waals surface area contributed by atoms with Crippen molar-refractivity contribution >= 4 is 11.7 Å². The molecule has 5 heteroatoms. The first-order chi connectivity index (χ1) is 14.0. The molecular formula is C24H25NO4. The van der Waals surface area contributed by atoms with Gasteiger partial charge in [-0.2, -0.15) is 0 Å². The van der Waals surface area contributed by atoms with E-state index in [2.05, 4.69) is 0 Å². The minimum Gasteiger partial charge on any atom is -0.460 e. The van der Waals surface area contributed by atoms with Crippen LogP contribution in [0.5, 0.6) is 0 Å². The molecule has 0 N–H and O–H groups in total. The smallest absolute Gasteiger partial charge is 0.312 e. The molecule has 2 aromatic rings. The van der Waals surface area contributed by atoms with Crippen LogP contribution in [0.2, 0.25) is 0 Å². The number of carbonyl (C=O) groups excluding carboxylic acids is 1. The van der Waals surface area contributed by atoms with Gasteiger partial charge in [-0.1, -0.05) is 42.5 Å². The lowest BCUT2D eigenvalue weighted by Gasteiger charge is -2.61. The summed E-state index contributed by atoms with van der Waals surface area (Å²) in [5, 5.41) is 11.0. The van der Waals surface area contributed by atoms with Gasteiger partial charge in [0.2, 0.25) is 0 Å². The van der Waals surface area contributed by atoms with Crippen molar-refractivity contribution in [3.05, 3.63) is 75.8 Å². The van der Waals surface area contributed by atoms with Crippen LogP contribution < -0.4 is 0 Å². The van der Waals surface area contributed by atoms with Gasteiger partial charge in [-0.15, -0.1) is 0 Å². The number of ether oxygens (including phenoxy) is 1. The summed E-state index contributed by atoms with van der Waals surface area (Å²) in [7, 11) is 0. The summed E-state index contributed by atoms with van der Waals surface area (Å²) in [6, 6.07) is 16.9. The fourth-order valence-corrected chi connectivity index (χ4v) is 6.65. The molecule has 4 fully saturated rings. The van der Waals surface area contributed by atoms with Crippen molar-refractivity contribution < 1.29 is 14.5 Å². The van der Waals surface area contributed by atoms with E-state index >= 15 is 0 Å². The number of hydrogen-bond donors (Lipinski definition) is 0. The number of rotatable bonds is 5. The Morgan fingerprint density at radius 2 is 1.66 bits per heavy atom. The summed E-state index contributed by atoms with van der Waals surface area (Å²) in [5.74, 6) is 1.02. The normalized spacial score (nSPS) is 32.1. The van der Waals surface area contributed by atoms with Crippen LogP contribution in [0.15, 0.2) is 54.6 Å². The number of carbonyl (C=O) groups is 1. The highest BCUT2D eigenvalue weighted by molar-refractivity contribution is 5.78. The third kappa shape index (κ3) is 3.13. The van der Waals surface area contributed by atoms with Gasteiger partial charge < -0.3 is 4.74 Å². The average Bonchev–Trinajstić information content (AvgIpc) is 2.72. The molecule has 4 bridgehead atoms. The topological polar surface area (TPSA) is 69.4 Å². The third-order valence-electron chi connectivity index (χ3n) is 7.40. The summed E-state index contributed by atoms with van der Waals surface area (Å²) in [5.41, 5.74) is 1.83. The van der Waals surface area contributed by atoms with Crippen LogP contribution >= 0.6 is 0 Å². The lowest BCUT2D eigenvalue weighted by molar-refractivity contribution is -0.384. The minimum absolute atomic E-state index is 0.0506. The number of nitrogens with zero attached hydrogens (tertiary/aromatic N) is 1. The maximum Gasteiger partial charge on any atom is 0.312 e. The quantitative estimate of drug-likeness (QED) is 0.400. The van der Waals surface area contributed by atoms with Gasteiger partial charge in [0.05, 0.1) is 10.3 Å². The van der Waals surface area contributed by atoms with Crippen LogP contribution in [0.4, 0.5) is 5.69 Å². The van der Waals surface area contributed by atoms with Crippen molar-refractivity contribution in [3.8, 4) is 0 Å². The zero-order valence-corrected chi connectivity index (χ0v) is 16.4. The molecule has 4 aliphatic rings. The molecule has 0 amide bonds. The van der Waals surface area contributed by atoms with Gasteiger partial charge in [-0.05, 0) is 66.9 Å². The molecule has 0 radical (unpaired) electrons. The Morgan fingerprint density at radius 1 is 1.00 bits per heavy atom. The maximum atomic E-state index is 13.3. The van der Waals surface area contributed by atoms with Crippen molar-refractivity contribution in [2.75, 3.05) is 0 Å². The van der Waals surface area contributed by atoms with E-state index in [0.29, 0.717) is 18.4 Å². The van der Waals surface area contributed by atoms with E-state index in [4.69, 9.17) is 4.74 Å². The fraction of sp³-hybridized carbons (Fsp3) is 0.458. The van der Waals surface area contributed by atoms with Crippen LogP contribution in [0.1, 0.15) is 49.7 Å². The van der Waals surface area contributed by atoms with Gasteiger partial charge in [0.1, 0.15) is 6.61 Å². The minimum atomic E-state index is -0.402. The Labute approximate surface area is 170 Å². The van der Waals surface area contributed by atoms with Crippen LogP contribution in [-0.2, 0) is 21.6 Å². The Balaban J connectivity index is 1.40. The molecule has 0 heterocycles. The van der Waals surface area contributed by atoms with Crippen molar-refractivity contribution in [1.82, 2.24) is 0 Å². The molecule has 0 aromatic heterocycles. The molecule has 4 saturated carbocycles.